The first-order chi connectivity index (χ1) is 12.0. The fourth-order valence-electron chi connectivity index (χ4n) is 3.90. The van der Waals surface area contributed by atoms with E-state index in [1.165, 1.54) is 0 Å². The van der Waals surface area contributed by atoms with E-state index in [2.05, 4.69) is 23.9 Å². The number of ether oxygens (including phenoxy) is 1. The monoisotopic (exact) mass is 349 g/mol. The molecule has 1 aromatic heterocycles. The molecule has 0 radical (unpaired) electrons. The van der Waals surface area contributed by atoms with Gasteiger partial charge in [-0.2, -0.15) is 0 Å². The van der Waals surface area contributed by atoms with E-state index in [0.717, 1.165) is 63.4 Å². The summed E-state index contributed by atoms with van der Waals surface area (Å²) in [5.41, 5.74) is 0.830. The van der Waals surface area contributed by atoms with Crippen LogP contribution in [-0.2, 0) is 16.1 Å². The van der Waals surface area contributed by atoms with E-state index in [0.29, 0.717) is 18.5 Å². The standard InChI is InChI=1S/C19H31N3O3/c1-14(2)18-11-16(20-25-18)13-21(3)19(23)15-5-4-8-22(12-15)17-6-9-24-10-7-17/h11,14-15,17H,4-10,12-13H2,1-3H3/t15-/m1/s1. The van der Waals surface area contributed by atoms with Crippen LogP contribution >= 0.6 is 0 Å². The summed E-state index contributed by atoms with van der Waals surface area (Å²) in [5.74, 6) is 1.51. The van der Waals surface area contributed by atoms with Gasteiger partial charge in [0.2, 0.25) is 5.91 Å². The molecule has 3 rings (SSSR count). The van der Waals surface area contributed by atoms with Crippen LogP contribution in [0.1, 0.15) is 56.9 Å². The predicted octanol–water partition coefficient (Wildman–Crippen LogP) is 2.65. The van der Waals surface area contributed by atoms with Crippen molar-refractivity contribution in [2.45, 2.75) is 58.0 Å². The summed E-state index contributed by atoms with van der Waals surface area (Å²) < 4.78 is 10.8. The van der Waals surface area contributed by atoms with Crippen LogP contribution in [0.5, 0.6) is 0 Å². The number of rotatable bonds is 5. The predicted molar refractivity (Wildman–Crippen MR) is 95.2 cm³/mol. The Balaban J connectivity index is 1.55. The van der Waals surface area contributed by atoms with Crippen molar-refractivity contribution in [3.05, 3.63) is 17.5 Å². The minimum absolute atomic E-state index is 0.0954. The summed E-state index contributed by atoms with van der Waals surface area (Å²) in [6, 6.07) is 2.54. The Morgan fingerprint density at radius 2 is 2.12 bits per heavy atom. The normalized spacial score (nSPS) is 23.1. The lowest BCUT2D eigenvalue weighted by Crippen LogP contribution is -2.48. The molecule has 3 heterocycles. The molecule has 1 atom stereocenters. The average Bonchev–Trinajstić information content (AvgIpc) is 3.11. The van der Waals surface area contributed by atoms with Crippen LogP contribution in [-0.4, -0.2) is 60.3 Å². The van der Waals surface area contributed by atoms with Gasteiger partial charge in [-0.05, 0) is 32.2 Å². The van der Waals surface area contributed by atoms with Crippen molar-refractivity contribution in [3.8, 4) is 0 Å². The van der Waals surface area contributed by atoms with Crippen LogP contribution in [0.2, 0.25) is 0 Å². The van der Waals surface area contributed by atoms with Crippen LogP contribution in [0.4, 0.5) is 0 Å². The van der Waals surface area contributed by atoms with Crippen LogP contribution in [0.25, 0.3) is 0 Å². The minimum atomic E-state index is 0.0954. The molecular formula is C19H31N3O3. The second kappa shape index (κ2) is 8.32. The molecule has 2 aliphatic heterocycles. The van der Waals surface area contributed by atoms with E-state index in [-0.39, 0.29) is 11.8 Å². The Bertz CT molecular complexity index is 566. The highest BCUT2D eigenvalue weighted by Crippen LogP contribution is 2.25. The lowest BCUT2D eigenvalue weighted by Gasteiger charge is -2.40. The molecule has 0 unspecified atom stereocenters. The number of carbonyl (C=O) groups excluding carboxylic acids is 1. The largest absolute Gasteiger partial charge is 0.381 e. The smallest absolute Gasteiger partial charge is 0.227 e. The number of piperidine rings is 1. The van der Waals surface area contributed by atoms with Gasteiger partial charge in [0.05, 0.1) is 12.5 Å². The Kier molecular flexibility index (Phi) is 6.12. The highest BCUT2D eigenvalue weighted by Gasteiger charge is 2.32. The maximum atomic E-state index is 12.9. The van der Waals surface area contributed by atoms with Gasteiger partial charge in [-0.25, -0.2) is 0 Å². The molecule has 140 valence electrons. The van der Waals surface area contributed by atoms with Gasteiger partial charge in [0.25, 0.3) is 0 Å². The molecular weight excluding hydrogens is 318 g/mol. The van der Waals surface area contributed by atoms with Crippen molar-refractivity contribution in [1.82, 2.24) is 15.0 Å². The number of likely N-dealkylation sites (tertiary alicyclic amines) is 1. The van der Waals surface area contributed by atoms with Crippen molar-refractivity contribution in [2.24, 2.45) is 5.92 Å². The highest BCUT2D eigenvalue weighted by molar-refractivity contribution is 5.78. The first kappa shape index (κ1) is 18.4. The fraction of sp³-hybridized carbons (Fsp3) is 0.789. The summed E-state index contributed by atoms with van der Waals surface area (Å²) in [7, 11) is 1.87. The van der Waals surface area contributed by atoms with Crippen LogP contribution in [0.3, 0.4) is 0 Å². The number of hydrogen-bond acceptors (Lipinski definition) is 5. The zero-order chi connectivity index (χ0) is 17.8. The Morgan fingerprint density at radius 1 is 1.36 bits per heavy atom. The Labute approximate surface area is 150 Å². The topological polar surface area (TPSA) is 58.8 Å². The fourth-order valence-corrected chi connectivity index (χ4v) is 3.90. The third kappa shape index (κ3) is 4.61. The highest BCUT2D eigenvalue weighted by atomic mass is 16.5. The van der Waals surface area contributed by atoms with Crippen LogP contribution in [0.15, 0.2) is 10.6 Å². The van der Waals surface area contributed by atoms with E-state index in [1.807, 2.05) is 13.1 Å². The number of hydrogen-bond donors (Lipinski definition) is 0. The molecule has 0 bridgehead atoms. The van der Waals surface area contributed by atoms with E-state index in [1.54, 1.807) is 4.90 Å². The van der Waals surface area contributed by atoms with Crippen molar-refractivity contribution < 1.29 is 14.1 Å². The van der Waals surface area contributed by atoms with E-state index < -0.39 is 0 Å². The van der Waals surface area contributed by atoms with Gasteiger partial charge >= 0.3 is 0 Å². The second-order valence-corrected chi connectivity index (χ2v) is 7.75. The molecule has 0 aromatic carbocycles. The molecule has 6 heteroatoms. The van der Waals surface area contributed by atoms with Gasteiger partial charge in [-0.3, -0.25) is 9.69 Å². The molecule has 0 spiro atoms. The summed E-state index contributed by atoms with van der Waals surface area (Å²) in [6.45, 7) is 8.36. The first-order valence-corrected chi connectivity index (χ1v) is 9.57. The van der Waals surface area contributed by atoms with Crippen LogP contribution < -0.4 is 0 Å². The van der Waals surface area contributed by atoms with Gasteiger partial charge < -0.3 is 14.2 Å². The van der Waals surface area contributed by atoms with Gasteiger partial charge in [0, 0.05) is 44.8 Å². The first-order valence-electron chi connectivity index (χ1n) is 9.57. The summed E-state index contributed by atoms with van der Waals surface area (Å²) in [6.07, 6.45) is 4.27. The molecule has 0 N–H and O–H groups in total. The molecule has 1 aromatic rings. The zero-order valence-corrected chi connectivity index (χ0v) is 15.7. The van der Waals surface area contributed by atoms with Gasteiger partial charge in [-0.15, -0.1) is 0 Å². The van der Waals surface area contributed by atoms with Gasteiger partial charge in [0.15, 0.2) is 0 Å². The second-order valence-electron chi connectivity index (χ2n) is 7.75. The Morgan fingerprint density at radius 3 is 2.80 bits per heavy atom. The molecule has 2 aliphatic rings. The van der Waals surface area contributed by atoms with Gasteiger partial charge in [-0.1, -0.05) is 19.0 Å². The molecule has 0 saturated carbocycles. The molecule has 0 aliphatic carbocycles. The third-order valence-electron chi connectivity index (χ3n) is 5.43. The molecule has 6 nitrogen and oxygen atoms in total. The SMILES string of the molecule is CC(C)c1cc(CN(C)C(=O)[C@@H]2CCCN(C3CCOCC3)C2)no1. The van der Waals surface area contributed by atoms with E-state index >= 15 is 0 Å². The van der Waals surface area contributed by atoms with E-state index in [4.69, 9.17) is 9.26 Å². The molecule has 2 fully saturated rings. The number of aromatic nitrogens is 1. The van der Waals surface area contributed by atoms with Crippen molar-refractivity contribution in [1.29, 1.82) is 0 Å². The van der Waals surface area contributed by atoms with Crippen molar-refractivity contribution >= 4 is 5.91 Å². The lowest BCUT2D eigenvalue weighted by molar-refractivity contribution is -0.137. The van der Waals surface area contributed by atoms with Crippen LogP contribution in [0, 0.1) is 5.92 Å². The minimum Gasteiger partial charge on any atom is -0.381 e. The van der Waals surface area contributed by atoms with Gasteiger partial charge in [0.1, 0.15) is 11.5 Å². The summed E-state index contributed by atoms with van der Waals surface area (Å²) >= 11 is 0. The molecule has 2 saturated heterocycles. The Hall–Kier alpha value is -1.40. The third-order valence-corrected chi connectivity index (χ3v) is 5.43. The number of carbonyl (C=O) groups is 1. The number of amides is 1. The zero-order valence-electron chi connectivity index (χ0n) is 15.7. The summed E-state index contributed by atoms with van der Waals surface area (Å²) in [5, 5.41) is 4.10. The van der Waals surface area contributed by atoms with Crippen molar-refractivity contribution in [3.63, 3.8) is 0 Å². The van der Waals surface area contributed by atoms with E-state index in [9.17, 15) is 4.79 Å². The quantitative estimate of drug-likeness (QED) is 0.818. The maximum Gasteiger partial charge on any atom is 0.227 e. The van der Waals surface area contributed by atoms with Crippen molar-refractivity contribution in [2.75, 3.05) is 33.4 Å². The molecule has 1 amide bonds. The summed E-state index contributed by atoms with van der Waals surface area (Å²) in [4.78, 5) is 17.2. The average molecular weight is 349 g/mol. The number of nitrogens with zero attached hydrogens (tertiary/aromatic N) is 3. The molecule has 25 heavy (non-hydrogen) atoms. The maximum absolute atomic E-state index is 12.9. The lowest BCUT2D eigenvalue weighted by atomic mass is 9.93.